The first-order valence-electron chi connectivity index (χ1n) is 5.43. The Labute approximate surface area is 101 Å². The molecule has 1 aromatic carbocycles. The first-order valence-corrected chi connectivity index (χ1v) is 5.43. The van der Waals surface area contributed by atoms with E-state index in [4.69, 9.17) is 5.73 Å². The van der Waals surface area contributed by atoms with Gasteiger partial charge in [-0.2, -0.15) is 0 Å². The standard InChI is InChI=1S/C12H18FN3O/c1-16(2)11(8-15-12(17)7-14)9-3-5-10(13)6-4-9/h3-6,11H,7-8,14H2,1-2H3,(H,15,17). The molecule has 0 spiro atoms. The van der Waals surface area contributed by atoms with Crippen LogP contribution in [-0.2, 0) is 4.79 Å². The summed E-state index contributed by atoms with van der Waals surface area (Å²) in [6, 6.07) is 6.27. The Balaban J connectivity index is 2.72. The lowest BCUT2D eigenvalue weighted by atomic mass is 10.1. The summed E-state index contributed by atoms with van der Waals surface area (Å²) in [7, 11) is 3.81. The molecule has 0 saturated heterocycles. The van der Waals surface area contributed by atoms with E-state index in [-0.39, 0.29) is 24.3 Å². The molecule has 0 aliphatic rings. The number of nitrogens with one attached hydrogen (secondary N) is 1. The number of nitrogens with two attached hydrogens (primary N) is 1. The van der Waals surface area contributed by atoms with Gasteiger partial charge in [0, 0.05) is 6.54 Å². The third-order valence-corrected chi connectivity index (χ3v) is 2.56. The van der Waals surface area contributed by atoms with E-state index in [1.165, 1.54) is 12.1 Å². The van der Waals surface area contributed by atoms with E-state index in [9.17, 15) is 9.18 Å². The first kappa shape index (κ1) is 13.6. The topological polar surface area (TPSA) is 58.4 Å². The van der Waals surface area contributed by atoms with Crippen LogP contribution >= 0.6 is 0 Å². The molecule has 0 aliphatic carbocycles. The minimum absolute atomic E-state index is 0.00565. The number of nitrogens with zero attached hydrogens (tertiary/aromatic N) is 1. The molecule has 94 valence electrons. The van der Waals surface area contributed by atoms with Crippen molar-refractivity contribution in [1.82, 2.24) is 10.2 Å². The zero-order chi connectivity index (χ0) is 12.8. The van der Waals surface area contributed by atoms with Gasteiger partial charge in [-0.25, -0.2) is 4.39 Å². The number of carbonyl (C=O) groups is 1. The molecule has 3 N–H and O–H groups in total. The van der Waals surface area contributed by atoms with Crippen molar-refractivity contribution in [2.45, 2.75) is 6.04 Å². The summed E-state index contributed by atoms with van der Waals surface area (Å²) < 4.78 is 12.8. The van der Waals surface area contributed by atoms with E-state index in [1.807, 2.05) is 19.0 Å². The summed E-state index contributed by atoms with van der Waals surface area (Å²) >= 11 is 0. The van der Waals surface area contributed by atoms with Crippen LogP contribution in [-0.4, -0.2) is 38.0 Å². The molecular weight excluding hydrogens is 221 g/mol. The summed E-state index contributed by atoms with van der Waals surface area (Å²) in [6.45, 7) is 0.429. The largest absolute Gasteiger partial charge is 0.353 e. The van der Waals surface area contributed by atoms with Gasteiger partial charge >= 0.3 is 0 Å². The van der Waals surface area contributed by atoms with Gasteiger partial charge in [0.2, 0.25) is 5.91 Å². The van der Waals surface area contributed by atoms with E-state index in [0.29, 0.717) is 6.54 Å². The van der Waals surface area contributed by atoms with E-state index < -0.39 is 0 Å². The minimum atomic E-state index is -0.266. The van der Waals surface area contributed by atoms with Crippen molar-refractivity contribution in [3.05, 3.63) is 35.6 Å². The Bertz CT molecular complexity index is 365. The predicted octanol–water partition coefficient (Wildman–Crippen LogP) is 0.503. The minimum Gasteiger partial charge on any atom is -0.353 e. The zero-order valence-electron chi connectivity index (χ0n) is 10.1. The van der Waals surface area contributed by atoms with Gasteiger partial charge < -0.3 is 16.0 Å². The molecule has 4 nitrogen and oxygen atoms in total. The van der Waals surface area contributed by atoms with Gasteiger partial charge in [-0.3, -0.25) is 4.79 Å². The summed E-state index contributed by atoms with van der Waals surface area (Å²) in [5, 5.41) is 2.73. The lowest BCUT2D eigenvalue weighted by Crippen LogP contribution is -2.37. The molecule has 0 aliphatic heterocycles. The Hall–Kier alpha value is -1.46. The van der Waals surface area contributed by atoms with Crippen molar-refractivity contribution < 1.29 is 9.18 Å². The average molecular weight is 239 g/mol. The average Bonchev–Trinajstić information content (AvgIpc) is 2.31. The fourth-order valence-corrected chi connectivity index (χ4v) is 1.57. The summed E-state index contributed by atoms with van der Waals surface area (Å²) in [5.41, 5.74) is 6.17. The van der Waals surface area contributed by atoms with E-state index in [2.05, 4.69) is 5.32 Å². The summed E-state index contributed by atoms with van der Waals surface area (Å²) in [6.07, 6.45) is 0. The number of hydrogen-bond donors (Lipinski definition) is 2. The highest BCUT2D eigenvalue weighted by atomic mass is 19.1. The number of rotatable bonds is 5. The molecule has 0 radical (unpaired) electrons. The van der Waals surface area contributed by atoms with Gasteiger partial charge in [0.15, 0.2) is 0 Å². The number of likely N-dealkylation sites (N-methyl/N-ethyl adjacent to an activating group) is 1. The maximum Gasteiger partial charge on any atom is 0.233 e. The molecule has 1 atom stereocenters. The third kappa shape index (κ3) is 4.13. The van der Waals surface area contributed by atoms with Crippen LogP contribution < -0.4 is 11.1 Å². The molecule has 0 fully saturated rings. The van der Waals surface area contributed by atoms with Crippen LogP contribution in [0.3, 0.4) is 0 Å². The maximum atomic E-state index is 12.8. The maximum absolute atomic E-state index is 12.8. The highest BCUT2D eigenvalue weighted by molar-refractivity contribution is 5.77. The SMILES string of the molecule is CN(C)C(CNC(=O)CN)c1ccc(F)cc1. The van der Waals surface area contributed by atoms with Gasteiger partial charge in [-0.15, -0.1) is 0 Å². The van der Waals surface area contributed by atoms with Gasteiger partial charge in [0.05, 0.1) is 12.6 Å². The molecule has 5 heteroatoms. The van der Waals surface area contributed by atoms with Crippen LogP contribution in [0, 0.1) is 5.82 Å². The molecule has 0 saturated carbocycles. The fraction of sp³-hybridized carbons (Fsp3) is 0.417. The number of amides is 1. The van der Waals surface area contributed by atoms with E-state index >= 15 is 0 Å². The Morgan fingerprint density at radius 1 is 1.41 bits per heavy atom. The Morgan fingerprint density at radius 3 is 2.47 bits per heavy atom. The van der Waals surface area contributed by atoms with Gasteiger partial charge in [-0.1, -0.05) is 12.1 Å². The van der Waals surface area contributed by atoms with Crippen molar-refractivity contribution in [1.29, 1.82) is 0 Å². The first-order chi connectivity index (χ1) is 8.04. The molecule has 1 aromatic rings. The van der Waals surface area contributed by atoms with Crippen LogP contribution in [0.15, 0.2) is 24.3 Å². The van der Waals surface area contributed by atoms with E-state index in [1.54, 1.807) is 12.1 Å². The van der Waals surface area contributed by atoms with E-state index in [0.717, 1.165) is 5.56 Å². The molecule has 0 heterocycles. The zero-order valence-corrected chi connectivity index (χ0v) is 10.1. The van der Waals surface area contributed by atoms with Gasteiger partial charge in [0.25, 0.3) is 0 Å². The molecule has 17 heavy (non-hydrogen) atoms. The number of carbonyl (C=O) groups excluding carboxylic acids is 1. The fourth-order valence-electron chi connectivity index (χ4n) is 1.57. The molecule has 1 rings (SSSR count). The van der Waals surface area contributed by atoms with Gasteiger partial charge in [0.1, 0.15) is 5.82 Å². The second kappa shape index (κ2) is 6.32. The number of benzene rings is 1. The monoisotopic (exact) mass is 239 g/mol. The lowest BCUT2D eigenvalue weighted by Gasteiger charge is -2.25. The Morgan fingerprint density at radius 2 is 2.00 bits per heavy atom. The quantitative estimate of drug-likeness (QED) is 0.787. The highest BCUT2D eigenvalue weighted by Gasteiger charge is 2.14. The number of halogens is 1. The molecule has 0 aromatic heterocycles. The lowest BCUT2D eigenvalue weighted by molar-refractivity contribution is -0.119. The highest BCUT2D eigenvalue weighted by Crippen LogP contribution is 2.17. The number of hydrogen-bond acceptors (Lipinski definition) is 3. The van der Waals surface area contributed by atoms with Crippen LogP contribution in [0.5, 0.6) is 0 Å². The van der Waals surface area contributed by atoms with Crippen molar-refractivity contribution in [2.24, 2.45) is 5.73 Å². The van der Waals surface area contributed by atoms with Crippen molar-refractivity contribution in [3.8, 4) is 0 Å². The third-order valence-electron chi connectivity index (χ3n) is 2.56. The summed E-state index contributed by atoms with van der Waals surface area (Å²) in [5.74, 6) is -0.462. The van der Waals surface area contributed by atoms with Gasteiger partial charge in [-0.05, 0) is 31.8 Å². The van der Waals surface area contributed by atoms with Crippen molar-refractivity contribution in [3.63, 3.8) is 0 Å². The normalized spacial score (nSPS) is 12.5. The molecule has 1 amide bonds. The Kier molecular flexibility index (Phi) is 5.06. The second-order valence-corrected chi connectivity index (χ2v) is 4.04. The summed E-state index contributed by atoms with van der Waals surface area (Å²) in [4.78, 5) is 13.1. The van der Waals surface area contributed by atoms with Crippen LogP contribution in [0.2, 0.25) is 0 Å². The van der Waals surface area contributed by atoms with Crippen molar-refractivity contribution >= 4 is 5.91 Å². The van der Waals surface area contributed by atoms with Crippen LogP contribution in [0.25, 0.3) is 0 Å². The second-order valence-electron chi connectivity index (χ2n) is 4.04. The molecule has 0 bridgehead atoms. The molecular formula is C12H18FN3O. The van der Waals surface area contributed by atoms with Crippen LogP contribution in [0.1, 0.15) is 11.6 Å². The smallest absolute Gasteiger partial charge is 0.233 e. The van der Waals surface area contributed by atoms with Crippen LogP contribution in [0.4, 0.5) is 4.39 Å². The van der Waals surface area contributed by atoms with Crippen molar-refractivity contribution in [2.75, 3.05) is 27.2 Å². The molecule has 1 unspecified atom stereocenters. The predicted molar refractivity (Wildman–Crippen MR) is 64.9 cm³/mol.